The average molecular weight is 332 g/mol. The number of thioether (sulfide) groups is 1. The lowest BCUT2D eigenvalue weighted by Gasteiger charge is -2.08. The molecule has 0 unspecified atom stereocenters. The first-order valence-corrected chi connectivity index (χ1v) is 8.77. The van der Waals surface area contributed by atoms with Gasteiger partial charge in [0.2, 0.25) is 0 Å². The number of carbonyl (C=O) groups is 1. The quantitative estimate of drug-likeness (QED) is 0.725. The standard InChI is InChI=1S/C18H21FN2OS/c19-17-8-6-15(7-9-17)10-11-20-18(22)21-12-13-23-14-16-4-2-1-3-5-16/h1-9H,10-14H2,(H2,20,21,22). The molecular formula is C18H21FN2OS. The van der Waals surface area contributed by atoms with Crippen LogP contribution in [-0.4, -0.2) is 24.9 Å². The molecule has 0 aliphatic rings. The predicted octanol–water partition coefficient (Wildman–Crippen LogP) is 3.60. The van der Waals surface area contributed by atoms with Crippen LogP contribution in [0.4, 0.5) is 9.18 Å². The molecule has 3 nitrogen and oxygen atoms in total. The van der Waals surface area contributed by atoms with Crippen molar-refractivity contribution in [2.45, 2.75) is 12.2 Å². The van der Waals surface area contributed by atoms with Gasteiger partial charge in [0, 0.05) is 24.6 Å². The molecule has 2 aromatic rings. The summed E-state index contributed by atoms with van der Waals surface area (Å²) in [5.74, 6) is 1.59. The zero-order valence-electron chi connectivity index (χ0n) is 12.9. The molecular weight excluding hydrogens is 311 g/mol. The van der Waals surface area contributed by atoms with Gasteiger partial charge in [0.25, 0.3) is 0 Å². The maximum Gasteiger partial charge on any atom is 0.314 e. The summed E-state index contributed by atoms with van der Waals surface area (Å²) in [6, 6.07) is 16.4. The van der Waals surface area contributed by atoms with Crippen molar-refractivity contribution in [1.29, 1.82) is 0 Å². The van der Waals surface area contributed by atoms with Crippen molar-refractivity contribution >= 4 is 17.8 Å². The molecule has 2 N–H and O–H groups in total. The fourth-order valence-electron chi connectivity index (χ4n) is 2.03. The van der Waals surface area contributed by atoms with Crippen LogP contribution in [0.15, 0.2) is 54.6 Å². The maximum absolute atomic E-state index is 12.8. The van der Waals surface area contributed by atoms with Crippen LogP contribution in [0.2, 0.25) is 0 Å². The molecule has 0 aliphatic carbocycles. The van der Waals surface area contributed by atoms with Gasteiger partial charge in [-0.1, -0.05) is 42.5 Å². The molecule has 0 saturated carbocycles. The Morgan fingerprint density at radius 2 is 1.61 bits per heavy atom. The molecule has 0 aromatic heterocycles. The predicted molar refractivity (Wildman–Crippen MR) is 94.1 cm³/mol. The Balaban J connectivity index is 1.51. The molecule has 0 fully saturated rings. The number of hydrogen-bond donors (Lipinski definition) is 2. The van der Waals surface area contributed by atoms with Crippen LogP contribution in [0, 0.1) is 5.82 Å². The molecule has 0 aliphatic heterocycles. The first-order valence-electron chi connectivity index (χ1n) is 7.62. The largest absolute Gasteiger partial charge is 0.338 e. The number of halogens is 1. The second-order valence-corrected chi connectivity index (χ2v) is 6.20. The van der Waals surface area contributed by atoms with E-state index in [4.69, 9.17) is 0 Å². The van der Waals surface area contributed by atoms with E-state index in [1.807, 2.05) is 18.2 Å². The van der Waals surface area contributed by atoms with Crippen molar-refractivity contribution < 1.29 is 9.18 Å². The number of amides is 2. The van der Waals surface area contributed by atoms with Gasteiger partial charge in [-0.05, 0) is 29.7 Å². The number of nitrogens with one attached hydrogen (secondary N) is 2. The van der Waals surface area contributed by atoms with Gasteiger partial charge in [0.15, 0.2) is 0 Å². The van der Waals surface area contributed by atoms with Gasteiger partial charge in [-0.25, -0.2) is 9.18 Å². The Morgan fingerprint density at radius 1 is 0.913 bits per heavy atom. The average Bonchev–Trinajstić information content (AvgIpc) is 2.57. The highest BCUT2D eigenvalue weighted by Gasteiger charge is 2.00. The summed E-state index contributed by atoms with van der Waals surface area (Å²) >= 11 is 1.79. The highest BCUT2D eigenvalue weighted by atomic mass is 32.2. The van der Waals surface area contributed by atoms with Crippen molar-refractivity contribution in [2.75, 3.05) is 18.8 Å². The Bertz CT molecular complexity index is 590. The molecule has 0 spiro atoms. The Kier molecular flexibility index (Phi) is 7.46. The molecule has 5 heteroatoms. The van der Waals surface area contributed by atoms with Crippen molar-refractivity contribution in [1.82, 2.24) is 10.6 Å². The van der Waals surface area contributed by atoms with Crippen molar-refractivity contribution in [2.24, 2.45) is 0 Å². The number of rotatable bonds is 8. The fraction of sp³-hybridized carbons (Fsp3) is 0.278. The smallest absolute Gasteiger partial charge is 0.314 e. The molecule has 122 valence electrons. The zero-order valence-corrected chi connectivity index (χ0v) is 13.7. The third-order valence-electron chi connectivity index (χ3n) is 3.26. The van der Waals surface area contributed by atoms with E-state index in [2.05, 4.69) is 22.8 Å². The first-order chi connectivity index (χ1) is 11.2. The number of hydrogen-bond acceptors (Lipinski definition) is 2. The molecule has 23 heavy (non-hydrogen) atoms. The second-order valence-electron chi connectivity index (χ2n) is 5.10. The Labute approximate surface area is 140 Å². The topological polar surface area (TPSA) is 41.1 Å². The fourth-order valence-corrected chi connectivity index (χ4v) is 2.85. The van der Waals surface area contributed by atoms with Crippen LogP contribution in [0.3, 0.4) is 0 Å². The summed E-state index contributed by atoms with van der Waals surface area (Å²) in [5.41, 5.74) is 2.30. The van der Waals surface area contributed by atoms with Gasteiger partial charge in [-0.3, -0.25) is 0 Å². The maximum atomic E-state index is 12.8. The van der Waals surface area contributed by atoms with E-state index in [9.17, 15) is 9.18 Å². The zero-order chi connectivity index (χ0) is 16.3. The van der Waals surface area contributed by atoms with Crippen LogP contribution < -0.4 is 10.6 Å². The molecule has 2 rings (SSSR count). The summed E-state index contributed by atoms with van der Waals surface area (Å²) in [7, 11) is 0. The van der Waals surface area contributed by atoms with Gasteiger partial charge < -0.3 is 10.6 Å². The SMILES string of the molecule is O=C(NCCSCc1ccccc1)NCCc1ccc(F)cc1. The summed E-state index contributed by atoms with van der Waals surface area (Å²) in [4.78, 5) is 11.6. The van der Waals surface area contributed by atoms with Crippen molar-refractivity contribution in [3.63, 3.8) is 0 Å². The van der Waals surface area contributed by atoms with Crippen molar-refractivity contribution in [3.05, 3.63) is 71.5 Å². The number of urea groups is 1. The highest BCUT2D eigenvalue weighted by molar-refractivity contribution is 7.98. The Morgan fingerprint density at radius 3 is 2.35 bits per heavy atom. The van der Waals surface area contributed by atoms with Gasteiger partial charge in [-0.15, -0.1) is 0 Å². The second kappa shape index (κ2) is 9.90. The van der Waals surface area contributed by atoms with Crippen LogP contribution in [-0.2, 0) is 12.2 Å². The summed E-state index contributed by atoms with van der Waals surface area (Å²) < 4.78 is 12.8. The third-order valence-corrected chi connectivity index (χ3v) is 4.29. The monoisotopic (exact) mass is 332 g/mol. The van der Waals surface area contributed by atoms with E-state index >= 15 is 0 Å². The third kappa shape index (κ3) is 7.19. The molecule has 0 heterocycles. The van der Waals surface area contributed by atoms with E-state index < -0.39 is 0 Å². The van der Waals surface area contributed by atoms with Crippen LogP contribution in [0.1, 0.15) is 11.1 Å². The lowest BCUT2D eigenvalue weighted by atomic mass is 10.1. The summed E-state index contributed by atoms with van der Waals surface area (Å²) in [5, 5.41) is 5.63. The number of benzene rings is 2. The van der Waals surface area contributed by atoms with Crippen molar-refractivity contribution in [3.8, 4) is 0 Å². The van der Waals surface area contributed by atoms with E-state index in [-0.39, 0.29) is 11.8 Å². The minimum Gasteiger partial charge on any atom is -0.338 e. The van der Waals surface area contributed by atoms with E-state index in [1.165, 1.54) is 17.7 Å². The number of carbonyl (C=O) groups excluding carboxylic acids is 1. The minimum absolute atomic E-state index is 0.160. The highest BCUT2D eigenvalue weighted by Crippen LogP contribution is 2.10. The van der Waals surface area contributed by atoms with Gasteiger partial charge in [0.05, 0.1) is 0 Å². The van der Waals surface area contributed by atoms with Gasteiger partial charge >= 0.3 is 6.03 Å². The lowest BCUT2D eigenvalue weighted by Crippen LogP contribution is -2.37. The summed E-state index contributed by atoms with van der Waals surface area (Å²) in [6.07, 6.45) is 0.691. The molecule has 0 bridgehead atoms. The molecule has 0 saturated heterocycles. The van der Waals surface area contributed by atoms with Crippen LogP contribution in [0.25, 0.3) is 0 Å². The molecule has 2 amide bonds. The molecule has 0 atom stereocenters. The Hall–Kier alpha value is -2.01. The normalized spacial score (nSPS) is 10.3. The first kappa shape index (κ1) is 17.3. The minimum atomic E-state index is -0.243. The van der Waals surface area contributed by atoms with E-state index in [1.54, 1.807) is 23.9 Å². The van der Waals surface area contributed by atoms with E-state index in [0.29, 0.717) is 19.5 Å². The van der Waals surface area contributed by atoms with Gasteiger partial charge in [-0.2, -0.15) is 11.8 Å². The molecule has 0 radical (unpaired) electrons. The summed E-state index contributed by atoms with van der Waals surface area (Å²) in [6.45, 7) is 1.18. The van der Waals surface area contributed by atoms with E-state index in [0.717, 1.165) is 17.1 Å². The lowest BCUT2D eigenvalue weighted by molar-refractivity contribution is 0.241. The van der Waals surface area contributed by atoms with Crippen LogP contribution in [0.5, 0.6) is 0 Å². The van der Waals surface area contributed by atoms with Gasteiger partial charge in [0.1, 0.15) is 5.82 Å². The molecule has 2 aromatic carbocycles. The van der Waals surface area contributed by atoms with Crippen LogP contribution >= 0.6 is 11.8 Å².